The fourth-order valence-electron chi connectivity index (χ4n) is 1.36. The molecule has 2 unspecified atom stereocenters. The number of aliphatic hydroxyl groups is 1. The lowest BCUT2D eigenvalue weighted by atomic mass is 9.99. The average molecular weight is 293 g/mol. The average Bonchev–Trinajstić information content (AvgIpc) is 2.47. The minimum atomic E-state index is -0.952. The second kappa shape index (κ2) is 5.09. The van der Waals surface area contributed by atoms with Gasteiger partial charge in [0.2, 0.25) is 0 Å². The third-order valence-corrected chi connectivity index (χ3v) is 4.51. The van der Waals surface area contributed by atoms with Crippen LogP contribution in [0.5, 0.6) is 0 Å². The van der Waals surface area contributed by atoms with Gasteiger partial charge in [-0.25, -0.2) is 0 Å². The van der Waals surface area contributed by atoms with Crippen molar-refractivity contribution in [3.63, 3.8) is 0 Å². The van der Waals surface area contributed by atoms with Crippen LogP contribution in [0.15, 0.2) is 10.5 Å². The number of aliphatic hydroxyl groups excluding tert-OH is 1. The summed E-state index contributed by atoms with van der Waals surface area (Å²) in [4.78, 5) is 12.6. The van der Waals surface area contributed by atoms with Gasteiger partial charge in [-0.05, 0) is 35.3 Å². The van der Waals surface area contributed by atoms with Crippen LogP contribution in [0.1, 0.15) is 29.2 Å². The number of hydrogen-bond donors (Lipinski definition) is 2. The Morgan fingerprint density at radius 1 is 1.67 bits per heavy atom. The summed E-state index contributed by atoms with van der Waals surface area (Å²) >= 11 is 4.77. The normalized spacial score (nSPS) is 14.9. The highest BCUT2D eigenvalue weighted by Gasteiger charge is 2.27. The molecule has 0 spiro atoms. The van der Waals surface area contributed by atoms with Gasteiger partial charge in [-0.3, -0.25) is 4.79 Å². The van der Waals surface area contributed by atoms with E-state index in [1.807, 2.05) is 6.92 Å². The van der Waals surface area contributed by atoms with Crippen molar-refractivity contribution in [2.45, 2.75) is 26.4 Å². The van der Waals surface area contributed by atoms with E-state index in [1.54, 1.807) is 13.0 Å². The monoisotopic (exact) mass is 292 g/mol. The molecule has 3 nitrogen and oxygen atoms in total. The Hall–Kier alpha value is -0.390. The highest BCUT2D eigenvalue weighted by atomic mass is 79.9. The van der Waals surface area contributed by atoms with Gasteiger partial charge >= 0.3 is 5.97 Å². The largest absolute Gasteiger partial charge is 0.481 e. The molecule has 0 saturated carbocycles. The lowest BCUT2D eigenvalue weighted by molar-refractivity contribution is -0.145. The highest BCUT2D eigenvalue weighted by molar-refractivity contribution is 9.10. The highest BCUT2D eigenvalue weighted by Crippen LogP contribution is 2.34. The molecule has 1 heterocycles. The molecule has 5 heteroatoms. The number of aliphatic carboxylic acids is 1. The summed E-state index contributed by atoms with van der Waals surface area (Å²) in [7, 11) is 0. The van der Waals surface area contributed by atoms with Gasteiger partial charge < -0.3 is 10.2 Å². The Labute approximate surface area is 101 Å². The van der Waals surface area contributed by atoms with Crippen LogP contribution in [0.25, 0.3) is 0 Å². The summed E-state index contributed by atoms with van der Waals surface area (Å²) in [5, 5.41) is 18.8. The molecule has 0 fully saturated rings. The van der Waals surface area contributed by atoms with Crippen molar-refractivity contribution in [1.82, 2.24) is 0 Å². The second-order valence-electron chi connectivity index (χ2n) is 3.35. The predicted molar refractivity (Wildman–Crippen MR) is 63.1 cm³/mol. The predicted octanol–water partition coefficient (Wildman–Crippen LogP) is 2.96. The molecule has 0 radical (unpaired) electrons. The quantitative estimate of drug-likeness (QED) is 0.897. The molecule has 15 heavy (non-hydrogen) atoms. The van der Waals surface area contributed by atoms with Crippen molar-refractivity contribution in [3.05, 3.63) is 20.3 Å². The smallest absolute Gasteiger partial charge is 0.309 e. The van der Waals surface area contributed by atoms with E-state index >= 15 is 0 Å². The van der Waals surface area contributed by atoms with E-state index in [2.05, 4.69) is 15.9 Å². The molecule has 2 atom stereocenters. The molecular formula is C10H13BrO3S. The van der Waals surface area contributed by atoms with Crippen LogP contribution in [-0.2, 0) is 4.79 Å². The van der Waals surface area contributed by atoms with Gasteiger partial charge in [0, 0.05) is 14.2 Å². The maximum Gasteiger partial charge on any atom is 0.309 e. The third kappa shape index (κ3) is 2.80. The van der Waals surface area contributed by atoms with Crippen molar-refractivity contribution in [3.8, 4) is 0 Å². The summed E-state index contributed by atoms with van der Waals surface area (Å²) in [6.45, 7) is 3.68. The first-order valence-electron chi connectivity index (χ1n) is 4.64. The van der Waals surface area contributed by atoms with Gasteiger partial charge in [-0.15, -0.1) is 11.3 Å². The molecule has 1 rings (SSSR count). The zero-order valence-corrected chi connectivity index (χ0v) is 10.9. The second-order valence-corrected chi connectivity index (χ2v) is 5.49. The molecule has 0 aliphatic rings. The van der Waals surface area contributed by atoms with Crippen molar-refractivity contribution in [2.75, 3.05) is 0 Å². The molecule has 84 valence electrons. The number of carbonyl (C=O) groups is 1. The number of hydrogen-bond acceptors (Lipinski definition) is 3. The first-order valence-corrected chi connectivity index (χ1v) is 6.25. The number of carboxylic acid groups (broad SMARTS) is 1. The fraction of sp³-hybridized carbons (Fsp3) is 0.500. The number of thiophene rings is 1. The minimum Gasteiger partial charge on any atom is -0.481 e. The minimum absolute atomic E-state index is 0.422. The Morgan fingerprint density at radius 3 is 2.60 bits per heavy atom. The van der Waals surface area contributed by atoms with E-state index < -0.39 is 18.0 Å². The molecule has 0 aliphatic carbocycles. The first kappa shape index (κ1) is 12.7. The zero-order valence-electron chi connectivity index (χ0n) is 8.53. The molecule has 2 N–H and O–H groups in total. The Balaban J connectivity index is 2.92. The maximum atomic E-state index is 10.9. The van der Waals surface area contributed by atoms with Crippen molar-refractivity contribution < 1.29 is 15.0 Å². The van der Waals surface area contributed by atoms with Gasteiger partial charge in [0.25, 0.3) is 0 Å². The number of halogens is 1. The van der Waals surface area contributed by atoms with Gasteiger partial charge in [-0.2, -0.15) is 0 Å². The number of rotatable bonds is 4. The van der Waals surface area contributed by atoms with Crippen LogP contribution < -0.4 is 0 Å². The third-order valence-electron chi connectivity index (χ3n) is 2.31. The summed E-state index contributed by atoms with van der Waals surface area (Å²) < 4.78 is 0.918. The van der Waals surface area contributed by atoms with Crippen LogP contribution in [0.3, 0.4) is 0 Å². The Morgan fingerprint density at radius 2 is 2.27 bits per heavy atom. The fourth-order valence-corrected chi connectivity index (χ4v) is 2.97. The standard InChI is InChI=1S/C10H13BrO3S/c1-3-6(10(13)14)9(12)8-4-7(11)5(2)15-8/h4,6,9,12H,3H2,1-2H3,(H,13,14). The zero-order chi connectivity index (χ0) is 11.6. The summed E-state index contributed by atoms with van der Waals surface area (Å²) in [5.74, 6) is -1.68. The summed E-state index contributed by atoms with van der Waals surface area (Å²) in [6.07, 6.45) is -0.493. The van der Waals surface area contributed by atoms with Gasteiger partial charge in [-0.1, -0.05) is 6.92 Å². The van der Waals surface area contributed by atoms with Crippen molar-refractivity contribution in [1.29, 1.82) is 0 Å². The van der Waals surface area contributed by atoms with E-state index in [9.17, 15) is 9.90 Å². The molecular weight excluding hydrogens is 280 g/mol. The molecule has 0 aliphatic heterocycles. The van der Waals surface area contributed by atoms with E-state index in [1.165, 1.54) is 11.3 Å². The summed E-state index contributed by atoms with van der Waals surface area (Å²) in [5.41, 5.74) is 0. The van der Waals surface area contributed by atoms with E-state index in [0.717, 1.165) is 9.35 Å². The van der Waals surface area contributed by atoms with Crippen LogP contribution in [0.4, 0.5) is 0 Å². The van der Waals surface area contributed by atoms with Crippen LogP contribution in [0, 0.1) is 12.8 Å². The van der Waals surface area contributed by atoms with Crippen LogP contribution in [0.2, 0.25) is 0 Å². The lowest BCUT2D eigenvalue weighted by Gasteiger charge is -2.15. The van der Waals surface area contributed by atoms with Gasteiger partial charge in [0.05, 0.1) is 5.92 Å². The Bertz CT molecular complexity index is 342. The van der Waals surface area contributed by atoms with E-state index in [-0.39, 0.29) is 0 Å². The molecule has 0 bridgehead atoms. The van der Waals surface area contributed by atoms with Gasteiger partial charge in [0.1, 0.15) is 6.10 Å². The topological polar surface area (TPSA) is 57.5 Å². The summed E-state index contributed by atoms with van der Waals surface area (Å²) in [6, 6.07) is 1.79. The molecule has 1 aromatic rings. The first-order chi connectivity index (χ1) is 6.97. The molecule has 0 saturated heterocycles. The lowest BCUT2D eigenvalue weighted by Crippen LogP contribution is -2.20. The number of aryl methyl sites for hydroxylation is 1. The van der Waals surface area contributed by atoms with E-state index in [4.69, 9.17) is 5.11 Å². The molecule has 1 aromatic heterocycles. The van der Waals surface area contributed by atoms with E-state index in [0.29, 0.717) is 11.3 Å². The van der Waals surface area contributed by atoms with Crippen LogP contribution >= 0.6 is 27.3 Å². The maximum absolute atomic E-state index is 10.9. The SMILES string of the molecule is CCC(C(=O)O)C(O)c1cc(Br)c(C)s1. The number of carboxylic acids is 1. The van der Waals surface area contributed by atoms with Gasteiger partial charge in [0.15, 0.2) is 0 Å². The Kier molecular flexibility index (Phi) is 4.31. The van der Waals surface area contributed by atoms with Crippen LogP contribution in [-0.4, -0.2) is 16.2 Å². The van der Waals surface area contributed by atoms with Crippen molar-refractivity contribution in [2.24, 2.45) is 5.92 Å². The van der Waals surface area contributed by atoms with Crippen molar-refractivity contribution >= 4 is 33.2 Å². The molecule has 0 aromatic carbocycles. The molecule has 0 amide bonds.